The van der Waals surface area contributed by atoms with Crippen molar-refractivity contribution in [1.29, 1.82) is 0 Å². The lowest BCUT2D eigenvalue weighted by Crippen LogP contribution is -2.24. The number of carbonyl (C=O) groups excluding carboxylic acids is 1. The minimum absolute atomic E-state index is 0.239. The molecule has 0 heterocycles. The topological polar surface area (TPSA) is 50.4 Å². The van der Waals surface area contributed by atoms with E-state index in [2.05, 4.69) is 10.8 Å². The summed E-state index contributed by atoms with van der Waals surface area (Å²) in [6.45, 7) is 2.26. The number of hydrogen-bond donors (Lipinski definition) is 2. The molecular formula is C10H14N2O2. The van der Waals surface area contributed by atoms with Gasteiger partial charge in [0.2, 0.25) is 0 Å². The SMILES string of the molecule is CCONC(=O)c1ccccc1NC. The van der Waals surface area contributed by atoms with Gasteiger partial charge in [-0.3, -0.25) is 9.63 Å². The lowest BCUT2D eigenvalue weighted by atomic mass is 10.1. The van der Waals surface area contributed by atoms with E-state index in [-0.39, 0.29) is 5.91 Å². The third-order valence-corrected chi connectivity index (χ3v) is 1.75. The van der Waals surface area contributed by atoms with Crippen molar-refractivity contribution in [2.75, 3.05) is 19.0 Å². The number of amides is 1. The highest BCUT2D eigenvalue weighted by Gasteiger charge is 2.08. The van der Waals surface area contributed by atoms with Crippen LogP contribution in [0.4, 0.5) is 5.69 Å². The van der Waals surface area contributed by atoms with Gasteiger partial charge in [-0.15, -0.1) is 0 Å². The predicted molar refractivity (Wildman–Crippen MR) is 55.1 cm³/mol. The van der Waals surface area contributed by atoms with Gasteiger partial charge in [-0.2, -0.15) is 0 Å². The summed E-state index contributed by atoms with van der Waals surface area (Å²) in [5, 5.41) is 2.94. The van der Waals surface area contributed by atoms with Crippen LogP contribution in [0, 0.1) is 0 Å². The second-order valence-corrected chi connectivity index (χ2v) is 2.66. The van der Waals surface area contributed by atoms with Crippen LogP contribution in [0.1, 0.15) is 17.3 Å². The van der Waals surface area contributed by atoms with Crippen LogP contribution in [0.15, 0.2) is 24.3 Å². The maximum Gasteiger partial charge on any atom is 0.276 e. The van der Waals surface area contributed by atoms with Crippen molar-refractivity contribution in [3.05, 3.63) is 29.8 Å². The predicted octanol–water partition coefficient (Wildman–Crippen LogP) is 1.41. The molecule has 0 radical (unpaired) electrons. The maximum absolute atomic E-state index is 11.5. The Bertz CT molecular complexity index is 313. The Morgan fingerprint density at radius 3 is 2.79 bits per heavy atom. The van der Waals surface area contributed by atoms with Gasteiger partial charge in [0.05, 0.1) is 12.2 Å². The fourth-order valence-corrected chi connectivity index (χ4v) is 1.09. The molecule has 0 bridgehead atoms. The first-order valence-electron chi connectivity index (χ1n) is 4.48. The number of hydrogen-bond acceptors (Lipinski definition) is 3. The van der Waals surface area contributed by atoms with E-state index in [0.29, 0.717) is 12.2 Å². The second-order valence-electron chi connectivity index (χ2n) is 2.66. The van der Waals surface area contributed by atoms with Gasteiger partial charge in [0, 0.05) is 12.7 Å². The highest BCUT2D eigenvalue weighted by atomic mass is 16.6. The standard InChI is InChI=1S/C10H14N2O2/c1-3-14-12-10(13)8-6-4-5-7-9(8)11-2/h4-7,11H,3H2,1-2H3,(H,12,13). The van der Waals surface area contributed by atoms with Gasteiger partial charge in [0.25, 0.3) is 5.91 Å². The number of nitrogens with one attached hydrogen (secondary N) is 2. The fourth-order valence-electron chi connectivity index (χ4n) is 1.09. The summed E-state index contributed by atoms with van der Waals surface area (Å²) in [7, 11) is 1.77. The van der Waals surface area contributed by atoms with Crippen LogP contribution in [0.25, 0.3) is 0 Å². The molecule has 4 nitrogen and oxygen atoms in total. The van der Waals surface area contributed by atoms with Crippen molar-refractivity contribution in [2.24, 2.45) is 0 Å². The lowest BCUT2D eigenvalue weighted by Gasteiger charge is -2.08. The molecule has 0 aliphatic heterocycles. The van der Waals surface area contributed by atoms with Crippen molar-refractivity contribution >= 4 is 11.6 Å². The first kappa shape index (κ1) is 10.5. The number of para-hydroxylation sites is 1. The minimum Gasteiger partial charge on any atom is -0.387 e. The van der Waals surface area contributed by atoms with Gasteiger partial charge in [-0.05, 0) is 19.1 Å². The second kappa shape index (κ2) is 5.24. The molecule has 2 N–H and O–H groups in total. The molecule has 1 amide bonds. The Morgan fingerprint density at radius 2 is 2.14 bits per heavy atom. The first-order chi connectivity index (χ1) is 6.79. The van der Waals surface area contributed by atoms with E-state index in [1.165, 1.54) is 0 Å². The summed E-state index contributed by atoms with van der Waals surface area (Å²) < 4.78 is 0. The third kappa shape index (κ3) is 2.47. The van der Waals surface area contributed by atoms with Gasteiger partial charge in [-0.1, -0.05) is 12.1 Å². The molecule has 1 aromatic carbocycles. The van der Waals surface area contributed by atoms with Crippen molar-refractivity contribution in [3.63, 3.8) is 0 Å². The van der Waals surface area contributed by atoms with Gasteiger partial charge in [0.1, 0.15) is 0 Å². The molecule has 1 rings (SSSR count). The van der Waals surface area contributed by atoms with Crippen LogP contribution in [-0.4, -0.2) is 19.6 Å². The molecule has 1 aromatic rings. The largest absolute Gasteiger partial charge is 0.387 e. The molecule has 0 spiro atoms. The Labute approximate surface area is 83.2 Å². The van der Waals surface area contributed by atoms with Gasteiger partial charge < -0.3 is 5.32 Å². The van der Waals surface area contributed by atoms with Gasteiger partial charge >= 0.3 is 0 Å². The average molecular weight is 194 g/mol. The molecule has 4 heteroatoms. The van der Waals surface area contributed by atoms with Crippen molar-refractivity contribution in [2.45, 2.75) is 6.92 Å². The Morgan fingerprint density at radius 1 is 1.43 bits per heavy atom. The lowest BCUT2D eigenvalue weighted by molar-refractivity contribution is 0.0365. The zero-order chi connectivity index (χ0) is 10.4. The van der Waals surface area contributed by atoms with Gasteiger partial charge in [0.15, 0.2) is 0 Å². The van der Waals surface area contributed by atoms with Crippen molar-refractivity contribution in [1.82, 2.24) is 5.48 Å². The summed E-state index contributed by atoms with van der Waals surface area (Å²) in [6, 6.07) is 7.24. The zero-order valence-corrected chi connectivity index (χ0v) is 8.33. The Hall–Kier alpha value is -1.55. The monoisotopic (exact) mass is 194 g/mol. The molecule has 0 fully saturated rings. The third-order valence-electron chi connectivity index (χ3n) is 1.75. The summed E-state index contributed by atoms with van der Waals surface area (Å²) in [6.07, 6.45) is 0. The number of benzene rings is 1. The van der Waals surface area contributed by atoms with Gasteiger partial charge in [-0.25, -0.2) is 5.48 Å². The molecule has 14 heavy (non-hydrogen) atoms. The summed E-state index contributed by atoms with van der Waals surface area (Å²) >= 11 is 0. The molecule has 0 aliphatic rings. The summed E-state index contributed by atoms with van der Waals surface area (Å²) in [5.74, 6) is -0.239. The van der Waals surface area contributed by atoms with E-state index in [1.54, 1.807) is 13.1 Å². The quantitative estimate of drug-likeness (QED) is 0.712. The van der Waals surface area contributed by atoms with Crippen molar-refractivity contribution < 1.29 is 9.63 Å². The van der Waals surface area contributed by atoms with E-state index < -0.39 is 0 Å². The van der Waals surface area contributed by atoms with E-state index in [1.807, 2.05) is 25.1 Å². The zero-order valence-electron chi connectivity index (χ0n) is 8.33. The highest BCUT2D eigenvalue weighted by molar-refractivity contribution is 5.98. The van der Waals surface area contributed by atoms with Crippen LogP contribution in [0.3, 0.4) is 0 Å². The molecule has 76 valence electrons. The summed E-state index contributed by atoms with van der Waals surface area (Å²) in [5.41, 5.74) is 3.70. The molecule has 0 unspecified atom stereocenters. The highest BCUT2D eigenvalue weighted by Crippen LogP contribution is 2.13. The number of carbonyl (C=O) groups is 1. The number of hydroxylamine groups is 1. The first-order valence-corrected chi connectivity index (χ1v) is 4.48. The molecule has 0 aromatic heterocycles. The normalized spacial score (nSPS) is 9.57. The number of anilines is 1. The van der Waals surface area contributed by atoms with E-state index in [0.717, 1.165) is 5.69 Å². The average Bonchev–Trinajstić information content (AvgIpc) is 2.25. The van der Waals surface area contributed by atoms with Crippen LogP contribution < -0.4 is 10.8 Å². The van der Waals surface area contributed by atoms with Crippen LogP contribution in [0.5, 0.6) is 0 Å². The number of rotatable bonds is 4. The fraction of sp³-hybridized carbons (Fsp3) is 0.300. The molecular weight excluding hydrogens is 180 g/mol. The van der Waals surface area contributed by atoms with Crippen LogP contribution in [-0.2, 0) is 4.84 Å². The Balaban J connectivity index is 2.78. The molecule has 0 saturated carbocycles. The van der Waals surface area contributed by atoms with E-state index >= 15 is 0 Å². The van der Waals surface area contributed by atoms with Crippen LogP contribution in [0.2, 0.25) is 0 Å². The van der Waals surface area contributed by atoms with E-state index in [4.69, 9.17) is 4.84 Å². The van der Waals surface area contributed by atoms with Crippen molar-refractivity contribution in [3.8, 4) is 0 Å². The Kier molecular flexibility index (Phi) is 3.94. The summed E-state index contributed by atoms with van der Waals surface area (Å²) in [4.78, 5) is 16.3. The van der Waals surface area contributed by atoms with Crippen LogP contribution >= 0.6 is 0 Å². The maximum atomic E-state index is 11.5. The van der Waals surface area contributed by atoms with E-state index in [9.17, 15) is 4.79 Å². The molecule has 0 saturated heterocycles. The minimum atomic E-state index is -0.239. The smallest absolute Gasteiger partial charge is 0.276 e. The molecule has 0 atom stereocenters. The molecule has 0 aliphatic carbocycles.